The van der Waals surface area contributed by atoms with E-state index < -0.39 is 0 Å². The van der Waals surface area contributed by atoms with Crippen molar-refractivity contribution in [1.29, 1.82) is 0 Å². The second kappa shape index (κ2) is 7.60. The van der Waals surface area contributed by atoms with Crippen LogP contribution in [0.25, 0.3) is 11.5 Å². The molecule has 1 aromatic heterocycles. The van der Waals surface area contributed by atoms with E-state index in [-0.39, 0.29) is 35.2 Å². The fourth-order valence-corrected chi connectivity index (χ4v) is 3.21. The third kappa shape index (κ3) is 4.33. The second-order valence-corrected chi connectivity index (χ2v) is 8.83. The zero-order chi connectivity index (χ0) is 19.1. The average molecular weight is 393 g/mol. The summed E-state index contributed by atoms with van der Waals surface area (Å²) in [7, 11) is 0. The summed E-state index contributed by atoms with van der Waals surface area (Å²) in [6, 6.07) is 7.52. The van der Waals surface area contributed by atoms with Gasteiger partial charge in [0.15, 0.2) is 5.82 Å². The lowest BCUT2D eigenvalue weighted by Crippen LogP contribution is -2.54. The first-order chi connectivity index (χ1) is 12.1. The number of amides is 1. The van der Waals surface area contributed by atoms with Crippen LogP contribution in [0.5, 0.6) is 0 Å². The molecule has 0 spiro atoms. The summed E-state index contributed by atoms with van der Waals surface area (Å²) in [4.78, 5) is 19.6. The summed E-state index contributed by atoms with van der Waals surface area (Å²) in [6.45, 7) is 11.6. The van der Waals surface area contributed by atoms with Crippen molar-refractivity contribution in [3.8, 4) is 11.5 Å². The lowest BCUT2D eigenvalue weighted by Gasteiger charge is -2.42. The molecule has 3 rings (SSSR count). The van der Waals surface area contributed by atoms with Gasteiger partial charge in [0.25, 0.3) is 11.8 Å². The number of hydrogen-bond donors (Lipinski definition) is 1. The zero-order valence-corrected chi connectivity index (χ0v) is 17.5. The number of halogens is 1. The van der Waals surface area contributed by atoms with Gasteiger partial charge < -0.3 is 15.2 Å². The van der Waals surface area contributed by atoms with Crippen molar-refractivity contribution in [1.82, 2.24) is 15.0 Å². The maximum atomic E-state index is 13.2. The Balaban J connectivity index is 0.00000261. The van der Waals surface area contributed by atoms with E-state index in [1.54, 1.807) is 0 Å². The number of likely N-dealkylation sites (tertiary alicyclic amines) is 1. The van der Waals surface area contributed by atoms with Crippen molar-refractivity contribution in [3.63, 3.8) is 0 Å². The van der Waals surface area contributed by atoms with E-state index >= 15 is 0 Å². The standard InChI is InChI=1S/C20H28N4O2.ClH/c1-19(2,3)18-22-16(26-23-18)13-8-6-7-9-14(13)17(25)24-11-10-15(21)20(4,5)12-24;/h6-9,15H,10-12,21H2,1-5H3;1H. The van der Waals surface area contributed by atoms with Gasteiger partial charge in [0, 0.05) is 24.5 Å². The molecule has 1 aromatic carbocycles. The van der Waals surface area contributed by atoms with Crippen molar-refractivity contribution in [2.24, 2.45) is 11.1 Å². The highest BCUT2D eigenvalue weighted by Crippen LogP contribution is 2.31. The van der Waals surface area contributed by atoms with Gasteiger partial charge in [-0.05, 0) is 24.0 Å². The van der Waals surface area contributed by atoms with Crippen molar-refractivity contribution < 1.29 is 9.32 Å². The molecule has 1 amide bonds. The van der Waals surface area contributed by atoms with Crippen LogP contribution in [-0.2, 0) is 5.41 Å². The number of benzene rings is 1. The lowest BCUT2D eigenvalue weighted by atomic mass is 9.79. The van der Waals surface area contributed by atoms with E-state index in [4.69, 9.17) is 10.3 Å². The van der Waals surface area contributed by atoms with Crippen LogP contribution < -0.4 is 5.73 Å². The highest BCUT2D eigenvalue weighted by molar-refractivity contribution is 6.00. The van der Waals surface area contributed by atoms with E-state index in [1.807, 2.05) is 49.9 Å². The molecule has 2 N–H and O–H groups in total. The normalized spacial score (nSPS) is 19.5. The Morgan fingerprint density at radius 3 is 2.56 bits per heavy atom. The fourth-order valence-electron chi connectivity index (χ4n) is 3.21. The number of aromatic nitrogens is 2. The Kier molecular flexibility index (Phi) is 6.02. The molecule has 0 radical (unpaired) electrons. The Morgan fingerprint density at radius 2 is 1.96 bits per heavy atom. The molecule has 1 saturated heterocycles. The fraction of sp³-hybridized carbons (Fsp3) is 0.550. The molecule has 1 aliphatic heterocycles. The number of nitrogens with two attached hydrogens (primary N) is 1. The minimum atomic E-state index is -0.215. The average Bonchev–Trinajstić information content (AvgIpc) is 3.07. The predicted octanol–water partition coefficient (Wildman–Crippen LogP) is 3.66. The molecule has 2 aromatic rings. The zero-order valence-electron chi connectivity index (χ0n) is 16.7. The Morgan fingerprint density at radius 1 is 1.30 bits per heavy atom. The molecule has 1 aliphatic rings. The maximum absolute atomic E-state index is 13.2. The van der Waals surface area contributed by atoms with Crippen LogP contribution >= 0.6 is 12.4 Å². The van der Waals surface area contributed by atoms with E-state index in [2.05, 4.69) is 24.0 Å². The molecule has 0 bridgehead atoms. The van der Waals surface area contributed by atoms with E-state index in [0.29, 0.717) is 35.9 Å². The van der Waals surface area contributed by atoms with Crippen LogP contribution in [0, 0.1) is 5.41 Å². The smallest absolute Gasteiger partial charge is 0.258 e. The first-order valence-corrected chi connectivity index (χ1v) is 9.08. The summed E-state index contributed by atoms with van der Waals surface area (Å²) >= 11 is 0. The molecule has 27 heavy (non-hydrogen) atoms. The third-order valence-corrected chi connectivity index (χ3v) is 5.08. The molecule has 1 fully saturated rings. The summed E-state index contributed by atoms with van der Waals surface area (Å²) in [5.74, 6) is 0.989. The van der Waals surface area contributed by atoms with Crippen LogP contribution in [0.4, 0.5) is 0 Å². The summed E-state index contributed by atoms with van der Waals surface area (Å²) in [6.07, 6.45) is 0.801. The molecular weight excluding hydrogens is 364 g/mol. The topological polar surface area (TPSA) is 85.2 Å². The minimum Gasteiger partial charge on any atom is -0.338 e. The summed E-state index contributed by atoms with van der Waals surface area (Å²) in [5.41, 5.74) is 7.15. The van der Waals surface area contributed by atoms with Crippen molar-refractivity contribution in [3.05, 3.63) is 35.7 Å². The molecular formula is C20H29ClN4O2. The largest absolute Gasteiger partial charge is 0.338 e. The molecule has 148 valence electrons. The number of nitrogens with zero attached hydrogens (tertiary/aromatic N) is 3. The number of carbonyl (C=O) groups excluding carboxylic acids is 1. The monoisotopic (exact) mass is 392 g/mol. The quantitative estimate of drug-likeness (QED) is 0.842. The number of hydrogen-bond acceptors (Lipinski definition) is 5. The minimum absolute atomic E-state index is 0. The van der Waals surface area contributed by atoms with Gasteiger partial charge in [0.2, 0.25) is 0 Å². The van der Waals surface area contributed by atoms with Crippen LogP contribution in [0.15, 0.2) is 28.8 Å². The van der Waals surface area contributed by atoms with Crippen molar-refractivity contribution >= 4 is 18.3 Å². The molecule has 7 heteroatoms. The molecule has 0 aliphatic carbocycles. The van der Waals surface area contributed by atoms with Crippen molar-refractivity contribution in [2.75, 3.05) is 13.1 Å². The molecule has 6 nitrogen and oxygen atoms in total. The molecule has 2 heterocycles. The van der Waals surface area contributed by atoms with Gasteiger partial charge in [-0.2, -0.15) is 4.98 Å². The van der Waals surface area contributed by atoms with E-state index in [9.17, 15) is 4.79 Å². The lowest BCUT2D eigenvalue weighted by molar-refractivity contribution is 0.0533. The Bertz CT molecular complexity index is 810. The van der Waals surface area contributed by atoms with E-state index in [1.165, 1.54) is 0 Å². The van der Waals surface area contributed by atoms with Gasteiger partial charge >= 0.3 is 0 Å². The van der Waals surface area contributed by atoms with Gasteiger partial charge in [-0.1, -0.05) is 51.9 Å². The summed E-state index contributed by atoms with van der Waals surface area (Å²) < 4.78 is 5.46. The van der Waals surface area contributed by atoms with Crippen LogP contribution in [0.2, 0.25) is 0 Å². The van der Waals surface area contributed by atoms with Gasteiger partial charge in [-0.25, -0.2) is 0 Å². The SMILES string of the molecule is CC(C)(C)c1noc(-c2ccccc2C(=O)N2CCC(N)C(C)(C)C2)n1.Cl. The highest BCUT2D eigenvalue weighted by Gasteiger charge is 2.36. The molecule has 1 atom stereocenters. The Hall–Kier alpha value is -1.92. The van der Waals surface area contributed by atoms with Crippen LogP contribution in [-0.4, -0.2) is 40.1 Å². The summed E-state index contributed by atoms with van der Waals surface area (Å²) in [5, 5.41) is 4.08. The first kappa shape index (κ1) is 21.4. The highest BCUT2D eigenvalue weighted by atomic mass is 35.5. The van der Waals surface area contributed by atoms with Gasteiger partial charge in [-0.3, -0.25) is 4.79 Å². The Labute approximate surface area is 166 Å². The molecule has 1 unspecified atom stereocenters. The maximum Gasteiger partial charge on any atom is 0.258 e. The molecule has 0 saturated carbocycles. The first-order valence-electron chi connectivity index (χ1n) is 9.08. The van der Waals surface area contributed by atoms with Crippen molar-refractivity contribution in [2.45, 2.75) is 52.5 Å². The van der Waals surface area contributed by atoms with Crippen LogP contribution in [0.1, 0.15) is 57.2 Å². The van der Waals surface area contributed by atoms with Gasteiger partial charge in [0.1, 0.15) is 0 Å². The number of carbonyl (C=O) groups is 1. The second-order valence-electron chi connectivity index (χ2n) is 8.83. The third-order valence-electron chi connectivity index (χ3n) is 5.08. The predicted molar refractivity (Wildman–Crippen MR) is 108 cm³/mol. The van der Waals surface area contributed by atoms with Crippen LogP contribution in [0.3, 0.4) is 0 Å². The van der Waals surface area contributed by atoms with Gasteiger partial charge in [0.05, 0.1) is 11.1 Å². The number of piperidine rings is 1. The van der Waals surface area contributed by atoms with E-state index in [0.717, 1.165) is 6.42 Å². The van der Waals surface area contributed by atoms with Gasteiger partial charge in [-0.15, -0.1) is 12.4 Å². The number of rotatable bonds is 2.